The maximum atomic E-state index is 11.3. The first-order chi connectivity index (χ1) is 8.69. The molecule has 2 rings (SSSR count). The third-order valence-electron chi connectivity index (χ3n) is 2.35. The van der Waals surface area contributed by atoms with Crippen molar-refractivity contribution < 1.29 is 4.79 Å². The van der Waals surface area contributed by atoms with Gasteiger partial charge < -0.3 is 11.1 Å². The van der Waals surface area contributed by atoms with E-state index in [4.69, 9.17) is 5.73 Å². The first-order valence-corrected chi connectivity index (χ1v) is 6.41. The number of rotatable bonds is 5. The second kappa shape index (κ2) is 5.70. The van der Waals surface area contributed by atoms with Crippen LogP contribution in [0.5, 0.6) is 0 Å². The van der Waals surface area contributed by atoms with E-state index >= 15 is 0 Å². The van der Waals surface area contributed by atoms with Crippen molar-refractivity contribution >= 4 is 27.9 Å². The molecule has 18 heavy (non-hydrogen) atoms. The molecule has 0 amide bonds. The maximum absolute atomic E-state index is 11.3. The number of nitrogens with one attached hydrogen (secondary N) is 1. The second-order valence-electron chi connectivity index (χ2n) is 3.80. The van der Waals surface area contributed by atoms with Crippen molar-refractivity contribution in [1.82, 2.24) is 10.2 Å². The normalized spacial score (nSPS) is 10.3. The lowest BCUT2D eigenvalue weighted by atomic mass is 10.1. The Morgan fingerprint density at radius 1 is 1.44 bits per heavy atom. The molecule has 0 radical (unpaired) electrons. The van der Waals surface area contributed by atoms with Gasteiger partial charge in [0.05, 0.1) is 0 Å². The fraction of sp³-hybridized carbons (Fsp3) is 0.250. The van der Waals surface area contributed by atoms with Crippen LogP contribution >= 0.6 is 11.3 Å². The standard InChI is InChI=1S/C12H14N4OS/c1-8(17)9-3-2-4-10(7-9)14-12-16-15-11(18-12)5-6-13/h2-4,7H,5-6,13H2,1H3,(H,14,16). The van der Waals surface area contributed by atoms with Crippen LogP contribution < -0.4 is 11.1 Å². The summed E-state index contributed by atoms with van der Waals surface area (Å²) in [7, 11) is 0. The van der Waals surface area contributed by atoms with Crippen LogP contribution in [0.2, 0.25) is 0 Å². The molecule has 3 N–H and O–H groups in total. The zero-order chi connectivity index (χ0) is 13.0. The Balaban J connectivity index is 2.12. The van der Waals surface area contributed by atoms with Crippen LogP contribution in [0.1, 0.15) is 22.3 Å². The molecule has 0 bridgehead atoms. The van der Waals surface area contributed by atoms with Crippen molar-refractivity contribution in [3.63, 3.8) is 0 Å². The van der Waals surface area contributed by atoms with Gasteiger partial charge in [-0.2, -0.15) is 0 Å². The Hall–Kier alpha value is -1.79. The lowest BCUT2D eigenvalue weighted by molar-refractivity contribution is 0.101. The first kappa shape index (κ1) is 12.7. The summed E-state index contributed by atoms with van der Waals surface area (Å²) in [5, 5.41) is 12.8. The molecule has 0 aliphatic carbocycles. The number of nitrogens with two attached hydrogens (primary N) is 1. The van der Waals surface area contributed by atoms with Gasteiger partial charge in [-0.1, -0.05) is 23.5 Å². The van der Waals surface area contributed by atoms with Crippen molar-refractivity contribution in [3.05, 3.63) is 34.8 Å². The van der Waals surface area contributed by atoms with E-state index in [2.05, 4.69) is 15.5 Å². The molecule has 0 fully saturated rings. The van der Waals surface area contributed by atoms with E-state index in [1.807, 2.05) is 12.1 Å². The van der Waals surface area contributed by atoms with Crippen LogP contribution in [-0.2, 0) is 6.42 Å². The van der Waals surface area contributed by atoms with Crippen molar-refractivity contribution in [2.45, 2.75) is 13.3 Å². The molecule has 0 aliphatic heterocycles. The van der Waals surface area contributed by atoms with E-state index in [0.717, 1.165) is 17.1 Å². The molecule has 1 aromatic carbocycles. The Morgan fingerprint density at radius 3 is 3.00 bits per heavy atom. The van der Waals surface area contributed by atoms with Gasteiger partial charge in [0.2, 0.25) is 5.13 Å². The van der Waals surface area contributed by atoms with Gasteiger partial charge in [0, 0.05) is 17.7 Å². The van der Waals surface area contributed by atoms with E-state index in [1.54, 1.807) is 19.1 Å². The zero-order valence-electron chi connectivity index (χ0n) is 10.0. The average molecular weight is 262 g/mol. The number of carbonyl (C=O) groups is 1. The lowest BCUT2D eigenvalue weighted by Crippen LogP contribution is -2.01. The summed E-state index contributed by atoms with van der Waals surface area (Å²) in [6.07, 6.45) is 0.729. The number of ketones is 1. The number of hydrogen-bond donors (Lipinski definition) is 2. The first-order valence-electron chi connectivity index (χ1n) is 5.59. The van der Waals surface area contributed by atoms with Gasteiger partial charge in [-0.15, -0.1) is 10.2 Å². The predicted molar refractivity (Wildman–Crippen MR) is 72.4 cm³/mol. The Morgan fingerprint density at radius 2 is 2.28 bits per heavy atom. The van der Waals surface area contributed by atoms with Crippen molar-refractivity contribution in [2.75, 3.05) is 11.9 Å². The largest absolute Gasteiger partial charge is 0.330 e. The molecular weight excluding hydrogens is 248 g/mol. The van der Waals surface area contributed by atoms with Crippen LogP contribution in [0, 0.1) is 0 Å². The van der Waals surface area contributed by atoms with Gasteiger partial charge in [-0.3, -0.25) is 4.79 Å². The monoisotopic (exact) mass is 262 g/mol. The lowest BCUT2D eigenvalue weighted by Gasteiger charge is -2.03. The highest BCUT2D eigenvalue weighted by atomic mass is 32.1. The fourth-order valence-corrected chi connectivity index (χ4v) is 2.24. The number of anilines is 2. The van der Waals surface area contributed by atoms with Crippen LogP contribution in [0.15, 0.2) is 24.3 Å². The number of aromatic nitrogens is 2. The number of Topliss-reactive ketones (excluding diaryl/α,β-unsaturated/α-hetero) is 1. The number of nitrogens with zero attached hydrogens (tertiary/aromatic N) is 2. The predicted octanol–water partition coefficient (Wildman–Crippen LogP) is 1.99. The van der Waals surface area contributed by atoms with E-state index in [1.165, 1.54) is 11.3 Å². The SMILES string of the molecule is CC(=O)c1cccc(Nc2nnc(CCN)s2)c1. The topological polar surface area (TPSA) is 80.9 Å². The minimum Gasteiger partial charge on any atom is -0.330 e. The van der Waals surface area contributed by atoms with Crippen molar-refractivity contribution in [1.29, 1.82) is 0 Å². The average Bonchev–Trinajstić information content (AvgIpc) is 2.77. The fourth-order valence-electron chi connectivity index (χ4n) is 1.47. The quantitative estimate of drug-likeness (QED) is 0.805. The highest BCUT2D eigenvalue weighted by Crippen LogP contribution is 2.21. The van der Waals surface area contributed by atoms with Gasteiger partial charge in [0.15, 0.2) is 5.78 Å². The summed E-state index contributed by atoms with van der Waals surface area (Å²) in [6.45, 7) is 2.11. The summed E-state index contributed by atoms with van der Waals surface area (Å²) in [6, 6.07) is 7.30. The molecule has 0 aliphatic rings. The summed E-state index contributed by atoms with van der Waals surface area (Å²) in [5.74, 6) is 0.0414. The smallest absolute Gasteiger partial charge is 0.210 e. The Labute approximate surface area is 109 Å². The molecule has 1 aromatic heterocycles. The highest BCUT2D eigenvalue weighted by Gasteiger charge is 2.05. The van der Waals surface area contributed by atoms with E-state index in [0.29, 0.717) is 17.2 Å². The van der Waals surface area contributed by atoms with Crippen LogP contribution in [0.4, 0.5) is 10.8 Å². The summed E-state index contributed by atoms with van der Waals surface area (Å²) in [4.78, 5) is 11.3. The molecule has 0 unspecified atom stereocenters. The third-order valence-corrected chi connectivity index (χ3v) is 3.24. The summed E-state index contributed by atoms with van der Waals surface area (Å²) in [5.41, 5.74) is 6.96. The number of benzene rings is 1. The Bertz CT molecular complexity index is 553. The molecule has 6 heteroatoms. The molecular formula is C12H14N4OS. The molecule has 0 saturated carbocycles. The molecule has 0 atom stereocenters. The number of carbonyl (C=O) groups excluding carboxylic acids is 1. The Kier molecular flexibility index (Phi) is 4.01. The highest BCUT2D eigenvalue weighted by molar-refractivity contribution is 7.15. The van der Waals surface area contributed by atoms with E-state index < -0.39 is 0 Å². The summed E-state index contributed by atoms with van der Waals surface area (Å²) >= 11 is 1.47. The molecule has 94 valence electrons. The molecule has 1 heterocycles. The van der Waals surface area contributed by atoms with Gasteiger partial charge in [-0.25, -0.2) is 0 Å². The van der Waals surface area contributed by atoms with Crippen LogP contribution in [-0.4, -0.2) is 22.5 Å². The molecule has 0 saturated heterocycles. The van der Waals surface area contributed by atoms with Gasteiger partial charge >= 0.3 is 0 Å². The van der Waals surface area contributed by atoms with Gasteiger partial charge in [0.25, 0.3) is 0 Å². The van der Waals surface area contributed by atoms with Crippen molar-refractivity contribution in [3.8, 4) is 0 Å². The minimum atomic E-state index is 0.0414. The molecule has 0 spiro atoms. The van der Waals surface area contributed by atoms with E-state index in [9.17, 15) is 4.79 Å². The van der Waals surface area contributed by atoms with Crippen molar-refractivity contribution in [2.24, 2.45) is 5.73 Å². The second-order valence-corrected chi connectivity index (χ2v) is 4.86. The molecule has 2 aromatic rings. The zero-order valence-corrected chi connectivity index (χ0v) is 10.8. The van der Waals surface area contributed by atoms with Crippen LogP contribution in [0.3, 0.4) is 0 Å². The number of hydrogen-bond acceptors (Lipinski definition) is 6. The van der Waals surface area contributed by atoms with Gasteiger partial charge in [0.1, 0.15) is 5.01 Å². The van der Waals surface area contributed by atoms with Gasteiger partial charge in [-0.05, 0) is 25.6 Å². The van der Waals surface area contributed by atoms with E-state index in [-0.39, 0.29) is 5.78 Å². The third kappa shape index (κ3) is 3.12. The minimum absolute atomic E-state index is 0.0414. The summed E-state index contributed by atoms with van der Waals surface area (Å²) < 4.78 is 0. The van der Waals surface area contributed by atoms with Crippen LogP contribution in [0.25, 0.3) is 0 Å². The maximum Gasteiger partial charge on any atom is 0.210 e. The molecule has 5 nitrogen and oxygen atoms in total.